The molecular weight excluding hydrogens is 511 g/mol. The summed E-state index contributed by atoms with van der Waals surface area (Å²) >= 11 is 9.89. The van der Waals surface area contributed by atoms with Gasteiger partial charge in [0.1, 0.15) is 5.52 Å². The van der Waals surface area contributed by atoms with Crippen molar-refractivity contribution in [3.05, 3.63) is 18.1 Å². The van der Waals surface area contributed by atoms with E-state index >= 15 is 0 Å². The van der Waals surface area contributed by atoms with E-state index in [0.717, 1.165) is 55.1 Å². The van der Waals surface area contributed by atoms with Crippen LogP contribution in [0.5, 0.6) is 0 Å². The van der Waals surface area contributed by atoms with Crippen molar-refractivity contribution in [1.82, 2.24) is 14.9 Å². The summed E-state index contributed by atoms with van der Waals surface area (Å²) < 4.78 is 5.98. The monoisotopic (exact) mass is 524 g/mol. The van der Waals surface area contributed by atoms with Crippen molar-refractivity contribution in [2.75, 3.05) is 31.1 Å². The second-order valence-electron chi connectivity index (χ2n) is 5.52. The first-order valence-electron chi connectivity index (χ1n) is 7.19. The molecule has 4 nitrogen and oxygen atoms in total. The van der Waals surface area contributed by atoms with Gasteiger partial charge in [0.15, 0.2) is 0 Å². The second-order valence-corrected chi connectivity index (χ2v) is 8.19. The summed E-state index contributed by atoms with van der Waals surface area (Å²) in [6, 6.07) is 0. The van der Waals surface area contributed by atoms with Crippen LogP contribution in [0.15, 0.2) is 8.95 Å². The number of nitrogens with zero attached hydrogens (tertiary/aromatic N) is 3. The Morgan fingerprint density at radius 2 is 1.86 bits per heavy atom. The Hall–Kier alpha value is 0.140. The van der Waals surface area contributed by atoms with Gasteiger partial charge in [-0.15, -0.1) is 0 Å². The summed E-state index contributed by atoms with van der Waals surface area (Å²) in [5, 5.41) is 3.42. The van der Waals surface area contributed by atoms with Gasteiger partial charge in [-0.05, 0) is 72.9 Å². The summed E-state index contributed by atoms with van der Waals surface area (Å²) in [5.74, 6) is 1.15. The van der Waals surface area contributed by atoms with Crippen LogP contribution in [-0.2, 0) is 13.0 Å². The largest absolute Gasteiger partial charge is 0.340 e. The van der Waals surface area contributed by atoms with Crippen LogP contribution < -0.4 is 10.2 Å². The second kappa shape index (κ2) is 5.65. The SMILES string of the molecule is Brc1c(Br)c2c3c(nc(N4CCNCC4)n3CCC2)c1I. The van der Waals surface area contributed by atoms with Gasteiger partial charge >= 0.3 is 0 Å². The molecule has 0 spiro atoms. The highest BCUT2D eigenvalue weighted by Crippen LogP contribution is 2.42. The Labute approximate surface area is 154 Å². The summed E-state index contributed by atoms with van der Waals surface area (Å²) in [7, 11) is 0. The molecule has 0 unspecified atom stereocenters. The van der Waals surface area contributed by atoms with Crippen LogP contribution in [0.3, 0.4) is 0 Å². The van der Waals surface area contributed by atoms with E-state index < -0.39 is 0 Å². The van der Waals surface area contributed by atoms with Gasteiger partial charge in [0, 0.05) is 41.7 Å². The number of aryl methyl sites for hydroxylation is 2. The fraction of sp³-hybridized carbons (Fsp3) is 0.500. The van der Waals surface area contributed by atoms with E-state index in [9.17, 15) is 0 Å². The first-order valence-corrected chi connectivity index (χ1v) is 9.86. The van der Waals surface area contributed by atoms with Crippen LogP contribution >= 0.6 is 54.5 Å². The Kier molecular flexibility index (Phi) is 3.96. The molecule has 0 aliphatic carbocycles. The molecule has 112 valence electrons. The normalized spacial score (nSPS) is 18.5. The maximum atomic E-state index is 5.01. The number of hydrogen-bond acceptors (Lipinski definition) is 3. The average Bonchev–Trinajstić information content (AvgIpc) is 2.92. The number of piperazine rings is 1. The molecule has 2 aliphatic rings. The molecule has 21 heavy (non-hydrogen) atoms. The van der Waals surface area contributed by atoms with Crippen LogP contribution in [-0.4, -0.2) is 35.7 Å². The van der Waals surface area contributed by atoms with E-state index in [4.69, 9.17) is 4.98 Å². The summed E-state index contributed by atoms with van der Waals surface area (Å²) in [5.41, 5.74) is 3.88. The number of hydrogen-bond donors (Lipinski definition) is 1. The molecular formula is C14H15Br2IN4. The first-order chi connectivity index (χ1) is 10.2. The van der Waals surface area contributed by atoms with Gasteiger partial charge in [-0.3, -0.25) is 0 Å². The molecule has 1 aromatic carbocycles. The summed E-state index contributed by atoms with van der Waals surface area (Å²) in [6.07, 6.45) is 2.31. The van der Waals surface area contributed by atoms with Crippen LogP contribution in [0.4, 0.5) is 5.95 Å². The number of aromatic nitrogens is 2. The highest BCUT2D eigenvalue weighted by atomic mass is 127. The molecule has 3 heterocycles. The Bertz CT molecular complexity index is 722. The highest BCUT2D eigenvalue weighted by molar-refractivity contribution is 14.1. The molecule has 2 aliphatic heterocycles. The van der Waals surface area contributed by atoms with Crippen molar-refractivity contribution < 1.29 is 0 Å². The number of imidazole rings is 1. The number of anilines is 1. The van der Waals surface area contributed by atoms with Gasteiger partial charge in [-0.2, -0.15) is 0 Å². The zero-order chi connectivity index (χ0) is 14.6. The van der Waals surface area contributed by atoms with Crippen molar-refractivity contribution in [2.24, 2.45) is 0 Å². The maximum absolute atomic E-state index is 5.01. The predicted molar refractivity (Wildman–Crippen MR) is 101 cm³/mol. The molecule has 0 amide bonds. The van der Waals surface area contributed by atoms with Crippen molar-refractivity contribution in [3.8, 4) is 0 Å². The first kappa shape index (κ1) is 14.7. The van der Waals surface area contributed by atoms with Crippen LogP contribution in [0.1, 0.15) is 12.0 Å². The quantitative estimate of drug-likeness (QED) is 0.457. The lowest BCUT2D eigenvalue weighted by molar-refractivity contribution is 0.556. The lowest BCUT2D eigenvalue weighted by atomic mass is 10.0. The van der Waals surface area contributed by atoms with Crippen molar-refractivity contribution in [2.45, 2.75) is 19.4 Å². The fourth-order valence-corrected chi connectivity index (χ4v) is 5.32. The van der Waals surface area contributed by atoms with E-state index in [0.29, 0.717) is 0 Å². The van der Waals surface area contributed by atoms with Gasteiger partial charge in [-0.25, -0.2) is 4.98 Å². The standard InChI is InChI=1S/C14H15Br2IN4/c15-9-8-2-1-5-21-13(8)12(11(17)10(9)16)19-14(21)20-6-3-18-4-7-20/h18H,1-7H2. The van der Waals surface area contributed by atoms with Gasteiger partial charge in [0.2, 0.25) is 5.95 Å². The zero-order valence-electron chi connectivity index (χ0n) is 11.4. The Morgan fingerprint density at radius 1 is 1.10 bits per heavy atom. The van der Waals surface area contributed by atoms with Crippen LogP contribution in [0.2, 0.25) is 0 Å². The van der Waals surface area contributed by atoms with Crippen LogP contribution in [0, 0.1) is 3.57 Å². The van der Waals surface area contributed by atoms with E-state index in [1.807, 2.05) is 0 Å². The fourth-order valence-electron chi connectivity index (χ4n) is 3.30. The summed E-state index contributed by atoms with van der Waals surface area (Å²) in [6.45, 7) is 5.24. The number of nitrogens with one attached hydrogen (secondary N) is 1. The Balaban J connectivity index is 1.98. The molecule has 1 N–H and O–H groups in total. The molecule has 1 saturated heterocycles. The average molecular weight is 526 g/mol. The molecule has 1 aromatic heterocycles. The van der Waals surface area contributed by atoms with E-state index in [-0.39, 0.29) is 0 Å². The van der Waals surface area contributed by atoms with Gasteiger partial charge < -0.3 is 14.8 Å². The van der Waals surface area contributed by atoms with Crippen molar-refractivity contribution >= 4 is 71.4 Å². The van der Waals surface area contributed by atoms with Crippen LogP contribution in [0.25, 0.3) is 11.0 Å². The molecule has 0 bridgehead atoms. The lowest BCUT2D eigenvalue weighted by Crippen LogP contribution is -2.44. The minimum Gasteiger partial charge on any atom is -0.340 e. The van der Waals surface area contributed by atoms with Crippen molar-refractivity contribution in [1.29, 1.82) is 0 Å². The smallest absolute Gasteiger partial charge is 0.206 e. The predicted octanol–water partition coefficient (Wildman–Crippen LogP) is 3.52. The minimum absolute atomic E-state index is 1.04. The van der Waals surface area contributed by atoms with E-state index in [2.05, 4.69) is 69.2 Å². The zero-order valence-corrected chi connectivity index (χ0v) is 16.8. The molecule has 0 atom stereocenters. The number of halogens is 3. The van der Waals surface area contributed by atoms with Crippen molar-refractivity contribution in [3.63, 3.8) is 0 Å². The molecule has 0 radical (unpaired) electrons. The lowest BCUT2D eigenvalue weighted by Gasteiger charge is -2.29. The molecule has 4 rings (SSSR count). The topological polar surface area (TPSA) is 33.1 Å². The molecule has 0 saturated carbocycles. The van der Waals surface area contributed by atoms with Gasteiger partial charge in [-0.1, -0.05) is 0 Å². The Morgan fingerprint density at radius 3 is 2.62 bits per heavy atom. The third kappa shape index (κ3) is 2.26. The third-order valence-electron chi connectivity index (χ3n) is 4.30. The third-order valence-corrected chi connectivity index (χ3v) is 8.29. The van der Waals surface area contributed by atoms with E-state index in [1.165, 1.54) is 25.5 Å². The minimum atomic E-state index is 1.04. The molecule has 7 heteroatoms. The summed E-state index contributed by atoms with van der Waals surface area (Å²) in [4.78, 5) is 7.43. The highest BCUT2D eigenvalue weighted by Gasteiger charge is 2.27. The van der Waals surface area contributed by atoms with Gasteiger partial charge in [0.05, 0.1) is 9.09 Å². The van der Waals surface area contributed by atoms with Gasteiger partial charge in [0.25, 0.3) is 0 Å². The molecule has 1 fully saturated rings. The number of benzene rings is 1. The number of rotatable bonds is 1. The molecule has 2 aromatic rings. The van der Waals surface area contributed by atoms with E-state index in [1.54, 1.807) is 0 Å². The maximum Gasteiger partial charge on any atom is 0.206 e.